The minimum Gasteiger partial charge on any atom is -0.370 e. The van der Waals surface area contributed by atoms with Crippen LogP contribution in [0.15, 0.2) is 109 Å². The molecule has 2 rings (SSSR count). The molecule has 2 aliphatic rings. The van der Waals surface area contributed by atoms with E-state index in [4.69, 9.17) is 0 Å². The second kappa shape index (κ2) is 17.0. The van der Waals surface area contributed by atoms with Gasteiger partial charge in [0.25, 0.3) is 0 Å². The zero-order valence-electron chi connectivity index (χ0n) is 24.1. The van der Waals surface area contributed by atoms with Crippen LogP contribution in [0.4, 0.5) is 0 Å². The summed E-state index contributed by atoms with van der Waals surface area (Å²) in [4.78, 5) is 2.54. The van der Waals surface area contributed by atoms with Gasteiger partial charge in [0.05, 0.1) is 0 Å². The van der Waals surface area contributed by atoms with Crippen LogP contribution < -0.4 is 0 Å². The summed E-state index contributed by atoms with van der Waals surface area (Å²) in [5.74, 6) is 0.292. The van der Waals surface area contributed by atoms with Crippen LogP contribution in [0, 0.1) is 11.3 Å². The molecule has 198 valence electrons. The molecule has 0 saturated carbocycles. The zero-order valence-corrected chi connectivity index (χ0v) is 24.1. The number of unbranched alkanes of at least 4 members (excludes halogenated alkanes) is 1. The van der Waals surface area contributed by atoms with Gasteiger partial charge in [0.2, 0.25) is 0 Å². The van der Waals surface area contributed by atoms with Gasteiger partial charge in [-0.2, -0.15) is 0 Å². The van der Waals surface area contributed by atoms with Crippen LogP contribution >= 0.6 is 0 Å². The number of nitrogens with zero attached hydrogens (tertiary/aromatic N) is 1. The fourth-order valence-corrected chi connectivity index (χ4v) is 5.78. The summed E-state index contributed by atoms with van der Waals surface area (Å²) >= 11 is 0. The maximum absolute atomic E-state index is 4.13. The van der Waals surface area contributed by atoms with Crippen molar-refractivity contribution < 1.29 is 0 Å². The lowest BCUT2D eigenvalue weighted by Crippen LogP contribution is -2.30. The molecular weight excluding hydrogens is 434 g/mol. The molecule has 0 saturated heterocycles. The smallest absolute Gasteiger partial charge is 0.0399 e. The minimum absolute atomic E-state index is 0.292. The second-order valence-corrected chi connectivity index (χ2v) is 10.1. The van der Waals surface area contributed by atoms with Gasteiger partial charge in [-0.3, -0.25) is 0 Å². The van der Waals surface area contributed by atoms with Gasteiger partial charge in [0, 0.05) is 30.1 Å². The Hall–Kier alpha value is -2.54. The molecule has 0 N–H and O–H groups in total. The number of hydrogen-bond donors (Lipinski definition) is 0. The van der Waals surface area contributed by atoms with Crippen molar-refractivity contribution in [1.29, 1.82) is 0 Å². The monoisotopic (exact) mass is 487 g/mol. The number of rotatable bonds is 14. The van der Waals surface area contributed by atoms with E-state index in [0.717, 1.165) is 25.9 Å². The third-order valence-corrected chi connectivity index (χ3v) is 7.17. The van der Waals surface area contributed by atoms with Crippen LogP contribution in [-0.4, -0.2) is 18.0 Å². The predicted molar refractivity (Wildman–Crippen MR) is 164 cm³/mol. The van der Waals surface area contributed by atoms with Crippen molar-refractivity contribution in [2.75, 3.05) is 13.1 Å². The molecule has 0 aromatic heterocycles. The Kier molecular flexibility index (Phi) is 14.9. The molecule has 0 spiro atoms. The molecule has 0 aromatic rings. The molecule has 36 heavy (non-hydrogen) atoms. The Morgan fingerprint density at radius 1 is 1.06 bits per heavy atom. The predicted octanol–water partition coefficient (Wildman–Crippen LogP) is 10.5. The van der Waals surface area contributed by atoms with E-state index in [1.807, 2.05) is 19.1 Å². The van der Waals surface area contributed by atoms with Crippen LogP contribution in [0.1, 0.15) is 86.0 Å². The summed E-state index contributed by atoms with van der Waals surface area (Å²) in [6.45, 7) is 29.3. The number of hydrogen-bond acceptors (Lipinski definition) is 1. The molecule has 0 radical (unpaired) electrons. The minimum atomic E-state index is 0.292. The molecule has 0 bridgehead atoms. The molecule has 1 heteroatoms. The third kappa shape index (κ3) is 8.54. The number of allylic oxidation sites excluding steroid dienone is 12. The van der Waals surface area contributed by atoms with Crippen LogP contribution in [0.5, 0.6) is 0 Å². The fourth-order valence-electron chi connectivity index (χ4n) is 5.78. The van der Waals surface area contributed by atoms with E-state index < -0.39 is 0 Å². The normalized spacial score (nSPS) is 18.0. The lowest BCUT2D eigenvalue weighted by atomic mass is 9.74. The molecule has 1 atom stereocenters. The molecule has 1 nitrogen and oxygen atoms in total. The topological polar surface area (TPSA) is 3.24 Å². The summed E-state index contributed by atoms with van der Waals surface area (Å²) < 4.78 is 0. The first-order chi connectivity index (χ1) is 17.4. The van der Waals surface area contributed by atoms with Crippen LogP contribution in [-0.2, 0) is 0 Å². The highest BCUT2D eigenvalue weighted by Gasteiger charge is 2.40. The van der Waals surface area contributed by atoms with Crippen molar-refractivity contribution in [1.82, 2.24) is 4.90 Å². The van der Waals surface area contributed by atoms with Crippen LogP contribution in [0.25, 0.3) is 0 Å². The van der Waals surface area contributed by atoms with Gasteiger partial charge >= 0.3 is 0 Å². The highest BCUT2D eigenvalue weighted by Crippen LogP contribution is 2.47. The fraction of sp³-hybridized carbons (Fsp3) is 0.486. The average Bonchev–Trinajstić information content (AvgIpc) is 3.16. The van der Waals surface area contributed by atoms with Gasteiger partial charge in [-0.05, 0) is 68.7 Å². The van der Waals surface area contributed by atoms with E-state index in [2.05, 4.69) is 101 Å². The zero-order chi connectivity index (χ0) is 27.0. The summed E-state index contributed by atoms with van der Waals surface area (Å²) in [5.41, 5.74) is 6.90. The highest BCUT2D eigenvalue weighted by molar-refractivity contribution is 5.44. The van der Waals surface area contributed by atoms with Crippen molar-refractivity contribution in [2.24, 2.45) is 11.3 Å². The summed E-state index contributed by atoms with van der Waals surface area (Å²) in [7, 11) is 0. The van der Waals surface area contributed by atoms with Gasteiger partial charge in [-0.15, -0.1) is 0 Å². The average molecular weight is 488 g/mol. The van der Waals surface area contributed by atoms with E-state index in [9.17, 15) is 0 Å². The Labute approximate surface area is 224 Å². The maximum atomic E-state index is 4.13. The molecule has 1 unspecified atom stereocenters. The second-order valence-electron chi connectivity index (χ2n) is 10.1. The van der Waals surface area contributed by atoms with E-state index in [-0.39, 0.29) is 0 Å². The SMILES string of the molecule is C=C/C=C(\C=C/C)C(C(=C)C)C1=CCCC=C1.C=CC1=C(C=C)C(CCC)(CCC)CN1CCCC. The molecule has 1 aliphatic carbocycles. The van der Waals surface area contributed by atoms with Crippen molar-refractivity contribution in [3.63, 3.8) is 0 Å². The maximum Gasteiger partial charge on any atom is 0.0399 e. The first-order valence-corrected chi connectivity index (χ1v) is 14.1. The highest BCUT2D eigenvalue weighted by atomic mass is 15.2. The van der Waals surface area contributed by atoms with Crippen molar-refractivity contribution in [3.8, 4) is 0 Å². The standard InChI is InChI=1S/C18H31N.C17H22/c1-6-11-14-19-15-18(12-7-2,13-8-3)16(9-4)17(19)10-5;1-5-10-15(11-6-2)17(14(3)4)16-12-8-7-9-13-16/h9-10H,4-8,11-15H2,1-3H3;5-6,8,10-13,17H,1,3,7,9H2,2,4H3/b;11-6-,15-10+. The lowest BCUT2D eigenvalue weighted by Gasteiger charge is -2.32. The third-order valence-electron chi connectivity index (χ3n) is 7.17. The Balaban J connectivity index is 0.000000362. The molecule has 1 aliphatic heterocycles. The molecule has 0 amide bonds. The summed E-state index contributed by atoms with van der Waals surface area (Å²) in [6.07, 6.45) is 28.8. The molecular formula is C35H53N. The van der Waals surface area contributed by atoms with E-state index in [1.54, 1.807) is 0 Å². The quantitative estimate of drug-likeness (QED) is 0.174. The van der Waals surface area contributed by atoms with Gasteiger partial charge in [0.15, 0.2) is 0 Å². The van der Waals surface area contributed by atoms with Crippen molar-refractivity contribution in [3.05, 3.63) is 109 Å². The molecule has 0 aromatic carbocycles. The first-order valence-electron chi connectivity index (χ1n) is 14.1. The van der Waals surface area contributed by atoms with E-state index in [0.29, 0.717) is 11.3 Å². The lowest BCUT2D eigenvalue weighted by molar-refractivity contribution is 0.233. The van der Waals surface area contributed by atoms with Gasteiger partial charge in [-0.25, -0.2) is 0 Å². The van der Waals surface area contributed by atoms with Crippen molar-refractivity contribution in [2.45, 2.75) is 86.0 Å². The Morgan fingerprint density at radius 2 is 1.75 bits per heavy atom. The molecule has 1 heterocycles. The van der Waals surface area contributed by atoms with Crippen molar-refractivity contribution >= 4 is 0 Å². The van der Waals surface area contributed by atoms with Gasteiger partial charge < -0.3 is 4.90 Å². The van der Waals surface area contributed by atoms with Gasteiger partial charge in [0.1, 0.15) is 0 Å². The largest absolute Gasteiger partial charge is 0.370 e. The van der Waals surface area contributed by atoms with Crippen LogP contribution in [0.3, 0.4) is 0 Å². The first kappa shape index (κ1) is 31.5. The Bertz CT molecular complexity index is 880. The van der Waals surface area contributed by atoms with E-state index >= 15 is 0 Å². The van der Waals surface area contributed by atoms with Gasteiger partial charge in [-0.1, -0.05) is 121 Å². The summed E-state index contributed by atoms with van der Waals surface area (Å²) in [5, 5.41) is 0. The summed E-state index contributed by atoms with van der Waals surface area (Å²) in [6, 6.07) is 0. The van der Waals surface area contributed by atoms with Crippen LogP contribution in [0.2, 0.25) is 0 Å². The van der Waals surface area contributed by atoms with E-state index in [1.165, 1.54) is 66.5 Å². The molecule has 0 fully saturated rings. The Morgan fingerprint density at radius 3 is 2.19 bits per heavy atom.